The second-order valence-corrected chi connectivity index (χ2v) is 8.17. The highest BCUT2D eigenvalue weighted by atomic mass is 35.5. The van der Waals surface area contributed by atoms with Crippen LogP contribution in [0.3, 0.4) is 0 Å². The van der Waals surface area contributed by atoms with Gasteiger partial charge in [0.1, 0.15) is 0 Å². The van der Waals surface area contributed by atoms with E-state index in [-0.39, 0.29) is 6.03 Å². The Morgan fingerprint density at radius 2 is 1.94 bits per heavy atom. The zero-order valence-corrected chi connectivity index (χ0v) is 18.6. The summed E-state index contributed by atoms with van der Waals surface area (Å²) in [7, 11) is 0. The molecule has 0 saturated carbocycles. The Balaban J connectivity index is 1.80. The highest BCUT2D eigenvalue weighted by Crippen LogP contribution is 2.37. The van der Waals surface area contributed by atoms with Gasteiger partial charge in [-0.25, -0.2) is 4.79 Å². The number of nitrogens with zero attached hydrogens (tertiary/aromatic N) is 3. The highest BCUT2D eigenvalue weighted by Gasteiger charge is 2.35. The molecule has 31 heavy (non-hydrogen) atoms. The fourth-order valence-corrected chi connectivity index (χ4v) is 3.91. The number of carbonyl (C=O) groups is 1. The maximum Gasteiger partial charge on any atom is 0.322 e. The first-order chi connectivity index (χ1) is 15.0. The average molecular weight is 437 g/mol. The summed E-state index contributed by atoms with van der Waals surface area (Å²) in [5.74, 6) is 0.918. The molecule has 7 heteroatoms. The number of carbonyl (C=O) groups excluding carboxylic acids is 1. The number of aromatic nitrogens is 2. The van der Waals surface area contributed by atoms with Gasteiger partial charge in [0.15, 0.2) is 0 Å². The summed E-state index contributed by atoms with van der Waals surface area (Å²) >= 11 is 6.08. The van der Waals surface area contributed by atoms with Crippen molar-refractivity contribution in [2.45, 2.75) is 39.7 Å². The molecule has 1 unspecified atom stereocenters. The summed E-state index contributed by atoms with van der Waals surface area (Å²) in [6.07, 6.45) is 1.90. The van der Waals surface area contributed by atoms with E-state index < -0.39 is 6.04 Å². The molecule has 3 aromatic rings. The van der Waals surface area contributed by atoms with E-state index in [1.54, 1.807) is 4.90 Å². The lowest BCUT2D eigenvalue weighted by Crippen LogP contribution is -2.46. The van der Waals surface area contributed by atoms with Crippen molar-refractivity contribution >= 4 is 23.2 Å². The van der Waals surface area contributed by atoms with E-state index in [0.29, 0.717) is 23.3 Å². The van der Waals surface area contributed by atoms with Crippen LogP contribution in [-0.4, -0.2) is 27.6 Å². The molecular formula is C24H25ClN4O2. The number of allylic oxidation sites excluding steroid dienone is 1. The van der Waals surface area contributed by atoms with Gasteiger partial charge in [-0.15, -0.1) is 0 Å². The molecule has 160 valence electrons. The van der Waals surface area contributed by atoms with Gasteiger partial charge in [-0.05, 0) is 44.0 Å². The van der Waals surface area contributed by atoms with Crippen molar-refractivity contribution < 1.29 is 9.32 Å². The Kier molecular flexibility index (Phi) is 6.09. The zero-order valence-electron chi connectivity index (χ0n) is 17.9. The summed E-state index contributed by atoms with van der Waals surface area (Å²) in [4.78, 5) is 19.3. The molecule has 0 aliphatic carbocycles. The minimum atomic E-state index is -0.409. The highest BCUT2D eigenvalue weighted by molar-refractivity contribution is 6.30. The second kappa shape index (κ2) is 8.94. The molecule has 1 aliphatic rings. The number of nitrogens with one attached hydrogen (secondary N) is 1. The van der Waals surface area contributed by atoms with Crippen LogP contribution in [0.25, 0.3) is 17.0 Å². The monoisotopic (exact) mass is 436 g/mol. The smallest absolute Gasteiger partial charge is 0.322 e. The maximum absolute atomic E-state index is 12.9. The topological polar surface area (TPSA) is 71.3 Å². The summed E-state index contributed by atoms with van der Waals surface area (Å²) in [6, 6.07) is 14.8. The fourth-order valence-electron chi connectivity index (χ4n) is 3.78. The van der Waals surface area contributed by atoms with Crippen molar-refractivity contribution in [2.24, 2.45) is 0 Å². The van der Waals surface area contributed by atoms with Crippen molar-refractivity contribution in [3.05, 3.63) is 76.3 Å². The lowest BCUT2D eigenvalue weighted by molar-refractivity contribution is 0.204. The number of halogens is 1. The molecular weight excluding hydrogens is 412 g/mol. The SMILES string of the molecule is CCCCN1C(=O)NC(c2ccc(Cl)cc2)C(c2nc(-c3cccc(C)c3)no2)=C1C. The van der Waals surface area contributed by atoms with Gasteiger partial charge in [0, 0.05) is 22.8 Å². The van der Waals surface area contributed by atoms with Crippen LogP contribution in [0, 0.1) is 6.92 Å². The van der Waals surface area contributed by atoms with E-state index in [1.165, 1.54) is 0 Å². The molecule has 1 atom stereocenters. The van der Waals surface area contributed by atoms with Crippen LogP contribution < -0.4 is 5.32 Å². The Bertz CT molecular complexity index is 1120. The van der Waals surface area contributed by atoms with Crippen LogP contribution in [-0.2, 0) is 0 Å². The van der Waals surface area contributed by atoms with Crippen molar-refractivity contribution in [1.82, 2.24) is 20.4 Å². The number of unbranched alkanes of at least 4 members (excludes halogenated alkanes) is 1. The molecule has 0 radical (unpaired) electrons. The summed E-state index contributed by atoms with van der Waals surface area (Å²) < 4.78 is 5.71. The standard InChI is InChI=1S/C24H25ClN4O2/c1-4-5-13-29-16(3)20(21(26-24(29)30)17-9-11-19(25)12-10-17)23-27-22(28-31-23)18-8-6-7-15(2)14-18/h6-12,14,21H,4-5,13H2,1-3H3,(H,26,30). The average Bonchev–Trinajstić information content (AvgIpc) is 3.23. The Hall–Kier alpha value is -3.12. The van der Waals surface area contributed by atoms with Gasteiger partial charge in [0.2, 0.25) is 5.82 Å². The number of hydrogen-bond donors (Lipinski definition) is 1. The van der Waals surface area contributed by atoms with Crippen LogP contribution in [0.5, 0.6) is 0 Å². The third-order valence-corrected chi connectivity index (χ3v) is 5.72. The number of benzene rings is 2. The van der Waals surface area contributed by atoms with Crippen LogP contribution in [0.4, 0.5) is 4.79 Å². The van der Waals surface area contributed by atoms with Gasteiger partial charge in [0.05, 0.1) is 11.6 Å². The molecule has 0 fully saturated rings. The molecule has 1 aromatic heterocycles. The van der Waals surface area contributed by atoms with Crippen molar-refractivity contribution in [1.29, 1.82) is 0 Å². The molecule has 0 saturated heterocycles. The molecule has 2 heterocycles. The fraction of sp³-hybridized carbons (Fsp3) is 0.292. The summed E-state index contributed by atoms with van der Waals surface area (Å²) in [5.41, 5.74) is 4.52. The number of aryl methyl sites for hydroxylation is 1. The summed E-state index contributed by atoms with van der Waals surface area (Å²) in [6.45, 7) is 6.69. The number of amides is 2. The third kappa shape index (κ3) is 4.35. The van der Waals surface area contributed by atoms with E-state index in [0.717, 1.165) is 40.8 Å². The lowest BCUT2D eigenvalue weighted by atomic mass is 9.94. The van der Waals surface area contributed by atoms with Gasteiger partial charge in [-0.2, -0.15) is 4.98 Å². The molecule has 0 bridgehead atoms. The van der Waals surface area contributed by atoms with E-state index in [9.17, 15) is 4.79 Å². The van der Waals surface area contributed by atoms with Crippen LogP contribution in [0.2, 0.25) is 5.02 Å². The lowest BCUT2D eigenvalue weighted by Gasteiger charge is -2.35. The van der Waals surface area contributed by atoms with E-state index in [1.807, 2.05) is 62.4 Å². The van der Waals surface area contributed by atoms with Crippen molar-refractivity contribution in [2.75, 3.05) is 6.54 Å². The van der Waals surface area contributed by atoms with Gasteiger partial charge in [-0.3, -0.25) is 4.90 Å². The normalized spacial score (nSPS) is 16.6. The largest absolute Gasteiger partial charge is 0.334 e. The van der Waals surface area contributed by atoms with Gasteiger partial charge in [-0.1, -0.05) is 66.0 Å². The van der Waals surface area contributed by atoms with Crippen LogP contribution in [0.15, 0.2) is 58.8 Å². The molecule has 0 spiro atoms. The number of urea groups is 1. The van der Waals surface area contributed by atoms with E-state index in [4.69, 9.17) is 16.1 Å². The molecule has 2 aromatic carbocycles. The molecule has 1 N–H and O–H groups in total. The van der Waals surface area contributed by atoms with Gasteiger partial charge >= 0.3 is 6.03 Å². The first kappa shape index (κ1) is 21.1. The first-order valence-corrected chi connectivity index (χ1v) is 10.8. The van der Waals surface area contributed by atoms with E-state index in [2.05, 4.69) is 22.4 Å². The Labute approximate surface area is 186 Å². The van der Waals surface area contributed by atoms with Crippen LogP contribution in [0.1, 0.15) is 49.7 Å². The molecule has 2 amide bonds. The van der Waals surface area contributed by atoms with Gasteiger partial charge < -0.3 is 9.84 Å². The minimum Gasteiger partial charge on any atom is -0.334 e. The Morgan fingerprint density at radius 1 is 1.16 bits per heavy atom. The van der Waals surface area contributed by atoms with Gasteiger partial charge in [0.25, 0.3) is 5.89 Å². The number of rotatable bonds is 6. The minimum absolute atomic E-state index is 0.131. The van der Waals surface area contributed by atoms with Crippen LogP contribution >= 0.6 is 11.6 Å². The molecule has 6 nitrogen and oxygen atoms in total. The third-order valence-electron chi connectivity index (χ3n) is 5.47. The zero-order chi connectivity index (χ0) is 22.0. The first-order valence-electron chi connectivity index (χ1n) is 10.4. The maximum atomic E-state index is 12.9. The molecule has 1 aliphatic heterocycles. The summed E-state index contributed by atoms with van der Waals surface area (Å²) in [5, 5.41) is 7.96. The van der Waals surface area contributed by atoms with E-state index >= 15 is 0 Å². The molecule has 4 rings (SSSR count). The Morgan fingerprint density at radius 3 is 2.65 bits per heavy atom. The second-order valence-electron chi connectivity index (χ2n) is 7.73. The van der Waals surface area contributed by atoms with Crippen molar-refractivity contribution in [3.8, 4) is 11.4 Å². The predicted octanol–water partition coefficient (Wildman–Crippen LogP) is 6.00. The number of hydrogen-bond acceptors (Lipinski definition) is 4. The quantitative estimate of drug-likeness (QED) is 0.514. The predicted molar refractivity (Wildman–Crippen MR) is 121 cm³/mol. The van der Waals surface area contributed by atoms with Crippen molar-refractivity contribution in [3.63, 3.8) is 0 Å².